The predicted octanol–water partition coefficient (Wildman–Crippen LogP) is 4.09. The largest absolute Gasteiger partial charge is 0.508 e. The summed E-state index contributed by atoms with van der Waals surface area (Å²) in [5.41, 5.74) is 1.59. The number of benzene rings is 1. The summed E-state index contributed by atoms with van der Waals surface area (Å²) in [4.78, 5) is 0. The zero-order valence-electron chi connectivity index (χ0n) is 12.9. The molecule has 0 saturated heterocycles. The van der Waals surface area contributed by atoms with E-state index in [2.05, 4.69) is 5.32 Å². The van der Waals surface area contributed by atoms with Crippen molar-refractivity contribution in [2.24, 2.45) is 23.2 Å². The van der Waals surface area contributed by atoms with Crippen molar-refractivity contribution in [1.29, 1.82) is 0 Å². The lowest BCUT2D eigenvalue weighted by molar-refractivity contribution is 0.0346. The number of hydrogen-bond donors (Lipinski definition) is 2. The molecule has 0 spiro atoms. The molecule has 4 saturated carbocycles. The molecule has 4 aliphatic rings. The second kappa shape index (κ2) is 5.31. The topological polar surface area (TPSA) is 32.3 Å². The lowest BCUT2D eigenvalue weighted by atomic mass is 9.58. The molecule has 2 nitrogen and oxygen atoms in total. The summed E-state index contributed by atoms with van der Waals surface area (Å²) in [6.45, 7) is 1.94. The van der Waals surface area contributed by atoms with Gasteiger partial charge in [0.25, 0.3) is 0 Å². The van der Waals surface area contributed by atoms with Gasteiger partial charge in [-0.1, -0.05) is 31.0 Å². The summed E-state index contributed by atoms with van der Waals surface area (Å²) in [7, 11) is 0. The van der Waals surface area contributed by atoms with Gasteiger partial charge < -0.3 is 10.4 Å². The number of nitrogens with one attached hydrogen (secondary N) is 1. The van der Waals surface area contributed by atoms with Crippen LogP contribution < -0.4 is 5.32 Å². The number of fused-ring (bicyclic) bond motifs is 1. The third-order valence-electron chi connectivity index (χ3n) is 6.29. The smallest absolute Gasteiger partial charge is 0.120 e. The number of phenols is 1. The first-order chi connectivity index (χ1) is 10.2. The van der Waals surface area contributed by atoms with Crippen LogP contribution in [0, 0.1) is 23.2 Å². The lowest BCUT2D eigenvalue weighted by Crippen LogP contribution is -2.44. The van der Waals surface area contributed by atoms with Gasteiger partial charge in [0.15, 0.2) is 0 Å². The van der Waals surface area contributed by atoms with Gasteiger partial charge in [0.2, 0.25) is 0 Å². The number of para-hydroxylation sites is 1. The molecule has 5 rings (SSSR count). The normalized spacial score (nSPS) is 37.6. The highest BCUT2D eigenvalue weighted by atomic mass is 16.3. The van der Waals surface area contributed by atoms with Gasteiger partial charge in [-0.2, -0.15) is 0 Å². The molecule has 0 radical (unpaired) electrons. The van der Waals surface area contributed by atoms with E-state index in [0.29, 0.717) is 11.2 Å². The van der Waals surface area contributed by atoms with Gasteiger partial charge in [-0.25, -0.2) is 0 Å². The van der Waals surface area contributed by atoms with E-state index in [1.54, 1.807) is 6.07 Å². The highest BCUT2D eigenvalue weighted by Gasteiger charge is 2.47. The highest BCUT2D eigenvalue weighted by molar-refractivity contribution is 5.31. The third kappa shape index (κ3) is 2.70. The minimum atomic E-state index is 0.424. The van der Waals surface area contributed by atoms with Gasteiger partial charge in [-0.05, 0) is 61.3 Å². The van der Waals surface area contributed by atoms with Crippen molar-refractivity contribution in [2.75, 3.05) is 6.54 Å². The lowest BCUT2D eigenvalue weighted by Gasteiger charge is -2.48. The van der Waals surface area contributed by atoms with E-state index >= 15 is 0 Å². The maximum atomic E-state index is 9.88. The fourth-order valence-electron chi connectivity index (χ4n) is 5.71. The van der Waals surface area contributed by atoms with Crippen LogP contribution in [0.4, 0.5) is 0 Å². The second-order valence-electron chi connectivity index (χ2n) is 7.99. The van der Waals surface area contributed by atoms with Crippen molar-refractivity contribution in [3.05, 3.63) is 29.8 Å². The number of hydrogen-bond acceptors (Lipinski definition) is 2. The molecule has 2 atom stereocenters. The molecule has 4 fully saturated rings. The summed E-state index contributed by atoms with van der Waals surface area (Å²) in [5.74, 6) is 3.44. The van der Waals surface area contributed by atoms with E-state index in [1.165, 1.54) is 44.9 Å². The molecule has 4 aliphatic carbocycles. The van der Waals surface area contributed by atoms with Gasteiger partial charge in [0.05, 0.1) is 0 Å². The SMILES string of the molecule is Oc1ccccc1CNCC12CC3C[C@H](CC[C@@H](C3)C1)C2. The van der Waals surface area contributed by atoms with Crippen molar-refractivity contribution in [3.8, 4) is 5.75 Å². The fraction of sp³-hybridized carbons (Fsp3) is 0.684. The Balaban J connectivity index is 1.41. The van der Waals surface area contributed by atoms with Crippen LogP contribution in [0.2, 0.25) is 0 Å². The molecule has 4 bridgehead atoms. The maximum absolute atomic E-state index is 9.88. The van der Waals surface area contributed by atoms with Gasteiger partial charge in [-0.3, -0.25) is 0 Å². The molecule has 2 heteroatoms. The van der Waals surface area contributed by atoms with Crippen LogP contribution in [0.1, 0.15) is 50.5 Å². The van der Waals surface area contributed by atoms with Gasteiger partial charge in [-0.15, -0.1) is 0 Å². The van der Waals surface area contributed by atoms with Crippen LogP contribution in [0.25, 0.3) is 0 Å². The molecule has 0 heterocycles. The minimum Gasteiger partial charge on any atom is -0.508 e. The Labute approximate surface area is 128 Å². The summed E-state index contributed by atoms with van der Waals surface area (Å²) in [6.07, 6.45) is 10.4. The molecule has 0 unspecified atom stereocenters. The predicted molar refractivity (Wildman–Crippen MR) is 85.0 cm³/mol. The standard InChI is InChI=1S/C19H27NO/c21-18-4-2-1-3-17(18)12-20-13-19-9-14-5-6-15(10-19)8-16(7-14)11-19/h1-4,14-16,20-21H,5-13H2/t14-,15-,16?,19?/m0/s1. The summed E-state index contributed by atoms with van der Waals surface area (Å²) >= 11 is 0. The highest BCUT2D eigenvalue weighted by Crippen LogP contribution is 2.57. The van der Waals surface area contributed by atoms with Crippen LogP contribution in [0.15, 0.2) is 24.3 Å². The Morgan fingerprint density at radius 1 is 1.00 bits per heavy atom. The average molecular weight is 285 g/mol. The van der Waals surface area contributed by atoms with Crippen LogP contribution in [-0.2, 0) is 6.54 Å². The van der Waals surface area contributed by atoms with E-state index in [0.717, 1.165) is 36.4 Å². The zero-order valence-corrected chi connectivity index (χ0v) is 12.9. The third-order valence-corrected chi connectivity index (χ3v) is 6.29. The van der Waals surface area contributed by atoms with Crippen LogP contribution in [-0.4, -0.2) is 11.7 Å². The van der Waals surface area contributed by atoms with Gasteiger partial charge in [0, 0.05) is 18.7 Å². The van der Waals surface area contributed by atoms with Crippen LogP contribution in [0.3, 0.4) is 0 Å². The van der Waals surface area contributed by atoms with Crippen molar-refractivity contribution < 1.29 is 5.11 Å². The molecule has 21 heavy (non-hydrogen) atoms. The molecule has 2 N–H and O–H groups in total. The first-order valence-electron chi connectivity index (χ1n) is 8.70. The molecule has 1 aromatic rings. The molecular weight excluding hydrogens is 258 g/mol. The van der Waals surface area contributed by atoms with Crippen molar-refractivity contribution >= 4 is 0 Å². The Hall–Kier alpha value is -1.02. The quantitative estimate of drug-likeness (QED) is 0.873. The van der Waals surface area contributed by atoms with E-state index in [1.807, 2.05) is 18.2 Å². The fourth-order valence-corrected chi connectivity index (χ4v) is 5.71. The van der Waals surface area contributed by atoms with Crippen LogP contribution >= 0.6 is 0 Å². The molecule has 0 aromatic heterocycles. The molecular formula is C19H27NO. The van der Waals surface area contributed by atoms with Crippen molar-refractivity contribution in [2.45, 2.75) is 51.5 Å². The first kappa shape index (κ1) is 13.6. The van der Waals surface area contributed by atoms with Crippen molar-refractivity contribution in [1.82, 2.24) is 5.32 Å². The Morgan fingerprint density at radius 2 is 1.67 bits per heavy atom. The van der Waals surface area contributed by atoms with Gasteiger partial charge in [0.1, 0.15) is 5.75 Å². The minimum absolute atomic E-state index is 0.424. The molecule has 1 aromatic carbocycles. The monoisotopic (exact) mass is 285 g/mol. The van der Waals surface area contributed by atoms with E-state index in [-0.39, 0.29) is 0 Å². The van der Waals surface area contributed by atoms with E-state index < -0.39 is 0 Å². The average Bonchev–Trinajstić information content (AvgIpc) is 2.67. The van der Waals surface area contributed by atoms with Crippen molar-refractivity contribution in [3.63, 3.8) is 0 Å². The first-order valence-corrected chi connectivity index (χ1v) is 8.70. The number of rotatable bonds is 4. The van der Waals surface area contributed by atoms with Gasteiger partial charge >= 0.3 is 0 Å². The molecule has 0 aliphatic heterocycles. The molecule has 0 amide bonds. The Morgan fingerprint density at radius 3 is 2.38 bits per heavy atom. The summed E-state index contributed by atoms with van der Waals surface area (Å²) in [6, 6.07) is 7.70. The second-order valence-corrected chi connectivity index (χ2v) is 7.99. The number of phenolic OH excluding ortho intramolecular Hbond substituents is 1. The number of aromatic hydroxyl groups is 1. The molecule has 114 valence electrons. The van der Waals surface area contributed by atoms with E-state index in [9.17, 15) is 5.11 Å². The van der Waals surface area contributed by atoms with E-state index in [4.69, 9.17) is 0 Å². The zero-order chi connectivity index (χ0) is 14.3. The maximum Gasteiger partial charge on any atom is 0.120 e. The van der Waals surface area contributed by atoms with Crippen LogP contribution in [0.5, 0.6) is 5.75 Å². The Bertz CT molecular complexity index is 496. The Kier molecular flexibility index (Phi) is 3.45. The summed E-state index contributed by atoms with van der Waals surface area (Å²) < 4.78 is 0. The summed E-state index contributed by atoms with van der Waals surface area (Å²) in [5, 5.41) is 13.5.